The number of methoxy groups -OCH3 is 1. The molecule has 1 saturated heterocycles. The molecule has 240 valence electrons. The van der Waals surface area contributed by atoms with Gasteiger partial charge in [-0.1, -0.05) is 44.2 Å². The zero-order chi connectivity index (χ0) is 31.1. The predicted octanol–water partition coefficient (Wildman–Crippen LogP) is 2.45. The van der Waals surface area contributed by atoms with Crippen molar-refractivity contribution < 1.29 is 46.7 Å². The van der Waals surface area contributed by atoms with E-state index >= 15 is 0 Å². The first kappa shape index (κ1) is 34.7. The number of alkyl carbamates (subject to hydrolysis) is 1. The first-order chi connectivity index (χ1) is 20.7. The summed E-state index contributed by atoms with van der Waals surface area (Å²) in [6, 6.07) is 14.5. The summed E-state index contributed by atoms with van der Waals surface area (Å²) in [5, 5.41) is 14.2. The minimum Gasteiger partial charge on any atom is -0.497 e. The van der Waals surface area contributed by atoms with E-state index in [0.717, 1.165) is 5.56 Å². The van der Waals surface area contributed by atoms with Crippen molar-refractivity contribution in [3.8, 4) is 5.75 Å². The van der Waals surface area contributed by atoms with E-state index in [9.17, 15) is 18.3 Å². The van der Waals surface area contributed by atoms with Crippen LogP contribution in [-0.4, -0.2) is 109 Å². The molecule has 43 heavy (non-hydrogen) atoms. The van der Waals surface area contributed by atoms with E-state index in [-0.39, 0.29) is 63.5 Å². The number of aliphatic hydroxyl groups excluding tert-OH is 1. The predicted molar refractivity (Wildman–Crippen MR) is 158 cm³/mol. The zero-order valence-corrected chi connectivity index (χ0v) is 25.9. The molecule has 3 rings (SSSR count). The summed E-state index contributed by atoms with van der Waals surface area (Å²) in [6.07, 6.45) is -2.54. The van der Waals surface area contributed by atoms with Crippen LogP contribution in [0.25, 0.3) is 0 Å². The summed E-state index contributed by atoms with van der Waals surface area (Å²) in [5.74, 6) is 0.502. The summed E-state index contributed by atoms with van der Waals surface area (Å²) in [7, 11) is -2.47. The maximum atomic E-state index is 13.6. The van der Waals surface area contributed by atoms with Crippen molar-refractivity contribution in [1.29, 1.82) is 0 Å². The molecule has 12 nitrogen and oxygen atoms in total. The third-order valence-corrected chi connectivity index (χ3v) is 8.36. The van der Waals surface area contributed by atoms with Crippen molar-refractivity contribution in [3.63, 3.8) is 0 Å². The second-order valence-corrected chi connectivity index (χ2v) is 12.4. The van der Waals surface area contributed by atoms with Gasteiger partial charge in [0.05, 0.1) is 63.8 Å². The zero-order valence-electron chi connectivity index (χ0n) is 25.1. The highest BCUT2D eigenvalue weighted by molar-refractivity contribution is 7.89. The van der Waals surface area contributed by atoms with E-state index in [4.69, 9.17) is 28.4 Å². The Balaban J connectivity index is 1.75. The van der Waals surface area contributed by atoms with Gasteiger partial charge in [0.1, 0.15) is 12.5 Å². The van der Waals surface area contributed by atoms with E-state index in [1.54, 1.807) is 12.1 Å². The lowest BCUT2D eigenvalue weighted by Crippen LogP contribution is -2.51. The second kappa shape index (κ2) is 18.1. The number of hydrogen-bond acceptors (Lipinski definition) is 10. The van der Waals surface area contributed by atoms with E-state index in [0.29, 0.717) is 19.0 Å². The fourth-order valence-electron chi connectivity index (χ4n) is 4.36. The summed E-state index contributed by atoms with van der Waals surface area (Å²) in [5.41, 5.74) is 0.845. The van der Waals surface area contributed by atoms with Gasteiger partial charge < -0.3 is 38.8 Å². The highest BCUT2D eigenvalue weighted by Crippen LogP contribution is 2.22. The van der Waals surface area contributed by atoms with Gasteiger partial charge in [-0.05, 0) is 42.2 Å². The molecule has 2 aromatic carbocycles. The molecule has 2 N–H and O–H groups in total. The Morgan fingerprint density at radius 1 is 0.953 bits per heavy atom. The maximum Gasteiger partial charge on any atom is 0.407 e. The summed E-state index contributed by atoms with van der Waals surface area (Å²) in [4.78, 5) is 13.2. The van der Waals surface area contributed by atoms with E-state index in [1.165, 1.54) is 23.5 Å². The van der Waals surface area contributed by atoms with Gasteiger partial charge in [-0.3, -0.25) is 0 Å². The second-order valence-electron chi connectivity index (χ2n) is 10.5. The van der Waals surface area contributed by atoms with Gasteiger partial charge in [-0.25, -0.2) is 13.2 Å². The van der Waals surface area contributed by atoms with E-state index < -0.39 is 34.4 Å². The number of carbonyl (C=O) groups excluding carboxylic acids is 1. The number of nitrogens with zero attached hydrogens (tertiary/aromatic N) is 1. The molecule has 1 aliphatic heterocycles. The summed E-state index contributed by atoms with van der Waals surface area (Å²) < 4.78 is 61.0. The van der Waals surface area contributed by atoms with Crippen LogP contribution in [0, 0.1) is 5.92 Å². The Labute approximate surface area is 254 Å². The highest BCUT2D eigenvalue weighted by atomic mass is 32.2. The van der Waals surface area contributed by atoms with Gasteiger partial charge in [-0.15, -0.1) is 0 Å². The Morgan fingerprint density at radius 2 is 1.56 bits per heavy atom. The molecule has 13 heteroatoms. The van der Waals surface area contributed by atoms with Gasteiger partial charge in [0.15, 0.2) is 6.10 Å². The number of carbonyl (C=O) groups is 1. The van der Waals surface area contributed by atoms with E-state index in [2.05, 4.69) is 5.32 Å². The molecule has 1 heterocycles. The molecule has 1 fully saturated rings. The van der Waals surface area contributed by atoms with Gasteiger partial charge in [0.2, 0.25) is 10.0 Å². The van der Waals surface area contributed by atoms with Crippen LogP contribution in [0.2, 0.25) is 0 Å². The Morgan fingerprint density at radius 3 is 2.14 bits per heavy atom. The maximum absolute atomic E-state index is 13.6. The van der Waals surface area contributed by atoms with Crippen molar-refractivity contribution >= 4 is 16.1 Å². The minimum absolute atomic E-state index is 0.0254. The molecule has 1 aliphatic rings. The van der Waals surface area contributed by atoms with E-state index in [1.807, 2.05) is 44.2 Å². The number of rotatable bonds is 12. The quantitative estimate of drug-likeness (QED) is 0.362. The number of hydrogen-bond donors (Lipinski definition) is 2. The van der Waals surface area contributed by atoms with Crippen LogP contribution >= 0.6 is 0 Å². The molecule has 0 aromatic heterocycles. The van der Waals surface area contributed by atoms with Gasteiger partial charge in [-0.2, -0.15) is 4.31 Å². The summed E-state index contributed by atoms with van der Waals surface area (Å²) in [6.45, 7) is 5.26. The Kier molecular flexibility index (Phi) is 14.6. The SMILES string of the molecule is COc1ccc(S(=O)(=O)N(CC(C)C)CC(O)C(Cc2ccccc2)NC(=O)OC2COCCOCOCCOC2)cc1. The molecule has 2 atom stereocenters. The van der Waals surface area contributed by atoms with Gasteiger partial charge in [0, 0.05) is 13.1 Å². The third-order valence-electron chi connectivity index (χ3n) is 6.51. The van der Waals surface area contributed by atoms with Crippen LogP contribution in [0.3, 0.4) is 0 Å². The smallest absolute Gasteiger partial charge is 0.407 e. The fourth-order valence-corrected chi connectivity index (χ4v) is 5.98. The molecular weight excluding hydrogens is 580 g/mol. The van der Waals surface area contributed by atoms with Crippen LogP contribution in [0.15, 0.2) is 59.5 Å². The topological polar surface area (TPSA) is 142 Å². The normalized spacial score (nSPS) is 17.4. The van der Waals surface area contributed by atoms with Crippen molar-refractivity contribution in [1.82, 2.24) is 9.62 Å². The molecule has 0 bridgehead atoms. The number of ether oxygens (including phenoxy) is 6. The monoisotopic (exact) mass is 624 g/mol. The van der Waals surface area contributed by atoms with Crippen molar-refractivity contribution in [2.24, 2.45) is 5.92 Å². The molecular formula is C30H44N2O10S. The van der Waals surface area contributed by atoms with Crippen LogP contribution < -0.4 is 10.1 Å². The number of sulfonamides is 1. The number of amides is 1. The lowest BCUT2D eigenvalue weighted by Gasteiger charge is -2.31. The molecule has 2 aromatic rings. The molecule has 0 radical (unpaired) electrons. The molecule has 0 saturated carbocycles. The molecule has 1 amide bonds. The van der Waals surface area contributed by atoms with Crippen LogP contribution in [0.1, 0.15) is 19.4 Å². The Bertz CT molecular complexity index is 1170. The lowest BCUT2D eigenvalue weighted by molar-refractivity contribution is -0.106. The summed E-state index contributed by atoms with van der Waals surface area (Å²) >= 11 is 0. The standard InChI is InChI=1S/C30H44N2O10S/c1-23(2)18-32(43(35,36)27-11-9-25(37-3)10-12-27)19-29(33)28(17-24-7-5-4-6-8-24)31-30(34)42-26-20-38-13-15-40-22-41-16-14-39-21-26/h4-12,23,26,28-29,33H,13-22H2,1-3H3,(H,31,34). The Hall–Kier alpha value is -2.78. The van der Waals surface area contributed by atoms with Crippen molar-refractivity contribution in [2.75, 3.05) is 66.6 Å². The average Bonchev–Trinajstić information content (AvgIpc) is 2.98. The van der Waals surface area contributed by atoms with Crippen molar-refractivity contribution in [2.45, 2.75) is 43.4 Å². The first-order valence-electron chi connectivity index (χ1n) is 14.3. The number of aliphatic hydroxyl groups is 1. The fraction of sp³-hybridized carbons (Fsp3) is 0.567. The molecule has 2 unspecified atom stereocenters. The van der Waals surface area contributed by atoms with Gasteiger partial charge >= 0.3 is 6.09 Å². The largest absolute Gasteiger partial charge is 0.497 e. The first-order valence-corrected chi connectivity index (χ1v) is 15.8. The average molecular weight is 625 g/mol. The minimum atomic E-state index is -3.97. The molecule has 0 aliphatic carbocycles. The van der Waals surface area contributed by atoms with Crippen LogP contribution in [-0.2, 0) is 40.1 Å². The third kappa shape index (κ3) is 12.0. The van der Waals surface area contributed by atoms with Crippen LogP contribution in [0.5, 0.6) is 5.75 Å². The van der Waals surface area contributed by atoms with Crippen LogP contribution in [0.4, 0.5) is 4.79 Å². The van der Waals surface area contributed by atoms with Crippen molar-refractivity contribution in [3.05, 3.63) is 60.2 Å². The van der Waals surface area contributed by atoms with Gasteiger partial charge in [0.25, 0.3) is 0 Å². The number of benzene rings is 2. The lowest BCUT2D eigenvalue weighted by atomic mass is 10.0. The molecule has 0 spiro atoms. The number of nitrogens with one attached hydrogen (secondary N) is 1. The highest BCUT2D eigenvalue weighted by Gasteiger charge is 2.32.